The number of benzene rings is 1. The van der Waals surface area contributed by atoms with Crippen LogP contribution in [0.3, 0.4) is 0 Å². The van der Waals surface area contributed by atoms with Gasteiger partial charge in [0, 0.05) is 11.4 Å². The Morgan fingerprint density at radius 1 is 1.16 bits per heavy atom. The molecule has 3 aromatic rings. The number of aromatic nitrogens is 2. The molecule has 0 unspecified atom stereocenters. The molecule has 0 bridgehead atoms. The molecule has 32 heavy (non-hydrogen) atoms. The minimum Gasteiger partial charge on any atom is -0.462 e. The van der Waals surface area contributed by atoms with E-state index in [1.807, 2.05) is 45.9 Å². The highest BCUT2D eigenvalue weighted by molar-refractivity contribution is 8.00. The van der Waals surface area contributed by atoms with E-state index in [0.717, 1.165) is 33.6 Å². The zero-order valence-electron chi connectivity index (χ0n) is 19.1. The summed E-state index contributed by atoms with van der Waals surface area (Å²) in [4.78, 5) is 35.5. The molecule has 2 heterocycles. The van der Waals surface area contributed by atoms with E-state index in [1.54, 1.807) is 6.92 Å². The SMILES string of the molecule is CCOC(=O)c1sc2nc(C)nc(S[C@@H](C)C(=O)N[C@H](C)CCc3ccccc3)c2c1C. The Hall–Kier alpha value is -2.45. The van der Waals surface area contributed by atoms with Gasteiger partial charge in [-0.15, -0.1) is 11.3 Å². The van der Waals surface area contributed by atoms with E-state index in [0.29, 0.717) is 17.3 Å². The average molecular weight is 472 g/mol. The van der Waals surface area contributed by atoms with Crippen molar-refractivity contribution in [1.82, 2.24) is 15.3 Å². The number of rotatable bonds is 9. The number of thiophene rings is 1. The summed E-state index contributed by atoms with van der Waals surface area (Å²) < 4.78 is 5.18. The monoisotopic (exact) mass is 471 g/mol. The number of aryl methyl sites for hydroxylation is 3. The van der Waals surface area contributed by atoms with Crippen LogP contribution in [0.25, 0.3) is 10.2 Å². The van der Waals surface area contributed by atoms with E-state index in [-0.39, 0.29) is 23.2 Å². The molecule has 0 radical (unpaired) electrons. The van der Waals surface area contributed by atoms with Crippen LogP contribution in [0.5, 0.6) is 0 Å². The molecule has 2 atom stereocenters. The van der Waals surface area contributed by atoms with Crippen LogP contribution in [0.1, 0.15) is 53.8 Å². The highest BCUT2D eigenvalue weighted by Gasteiger charge is 2.24. The fourth-order valence-electron chi connectivity index (χ4n) is 3.36. The van der Waals surface area contributed by atoms with E-state index >= 15 is 0 Å². The van der Waals surface area contributed by atoms with Crippen molar-refractivity contribution in [1.29, 1.82) is 0 Å². The number of thioether (sulfide) groups is 1. The van der Waals surface area contributed by atoms with Crippen molar-refractivity contribution in [2.24, 2.45) is 0 Å². The molecule has 1 aromatic carbocycles. The average Bonchev–Trinajstić information content (AvgIpc) is 3.09. The van der Waals surface area contributed by atoms with Crippen molar-refractivity contribution in [3.63, 3.8) is 0 Å². The number of nitrogens with zero attached hydrogens (tertiary/aromatic N) is 2. The molecule has 0 aliphatic carbocycles. The lowest BCUT2D eigenvalue weighted by Gasteiger charge is -2.17. The maximum atomic E-state index is 12.8. The Morgan fingerprint density at radius 2 is 1.88 bits per heavy atom. The number of hydrogen-bond donors (Lipinski definition) is 1. The Kier molecular flexibility index (Phi) is 8.26. The Bertz CT molecular complexity index is 1100. The Balaban J connectivity index is 1.70. The highest BCUT2D eigenvalue weighted by atomic mass is 32.2. The number of carbonyl (C=O) groups excluding carboxylic acids is 2. The predicted molar refractivity (Wildman–Crippen MR) is 131 cm³/mol. The third kappa shape index (κ3) is 5.86. The van der Waals surface area contributed by atoms with Gasteiger partial charge in [-0.3, -0.25) is 4.79 Å². The van der Waals surface area contributed by atoms with E-state index in [9.17, 15) is 9.59 Å². The van der Waals surface area contributed by atoms with Gasteiger partial charge in [0.1, 0.15) is 20.6 Å². The third-order valence-corrected chi connectivity index (χ3v) is 7.34. The van der Waals surface area contributed by atoms with Gasteiger partial charge in [0.25, 0.3) is 0 Å². The van der Waals surface area contributed by atoms with Crippen molar-refractivity contribution in [2.75, 3.05) is 6.61 Å². The normalized spacial score (nSPS) is 13.0. The second-order valence-electron chi connectivity index (χ2n) is 7.73. The zero-order valence-corrected chi connectivity index (χ0v) is 20.7. The molecule has 0 aliphatic heterocycles. The molecule has 3 rings (SSSR count). The molecule has 6 nitrogen and oxygen atoms in total. The lowest BCUT2D eigenvalue weighted by Crippen LogP contribution is -2.37. The standard InChI is InChI=1S/C24H29N3O3S2/c1-6-30-24(29)20-15(3)19-22(26-17(5)27-23(19)32-20)31-16(4)21(28)25-14(2)12-13-18-10-8-7-9-11-18/h7-11,14,16H,6,12-13H2,1-5H3,(H,25,28)/t14-,16+/m1/s1. The molecular formula is C24H29N3O3S2. The minimum atomic E-state index is -0.348. The third-order valence-electron chi connectivity index (χ3n) is 5.08. The van der Waals surface area contributed by atoms with E-state index < -0.39 is 0 Å². The van der Waals surface area contributed by atoms with Crippen molar-refractivity contribution in [2.45, 2.75) is 63.8 Å². The maximum absolute atomic E-state index is 12.8. The van der Waals surface area contributed by atoms with Gasteiger partial charge in [0.2, 0.25) is 5.91 Å². The van der Waals surface area contributed by atoms with Crippen LogP contribution < -0.4 is 5.32 Å². The molecule has 1 amide bonds. The van der Waals surface area contributed by atoms with Gasteiger partial charge in [-0.2, -0.15) is 0 Å². The van der Waals surface area contributed by atoms with E-state index in [1.165, 1.54) is 28.7 Å². The largest absolute Gasteiger partial charge is 0.462 e. The number of nitrogens with one attached hydrogen (secondary N) is 1. The minimum absolute atomic E-state index is 0.0292. The van der Waals surface area contributed by atoms with Gasteiger partial charge < -0.3 is 10.1 Å². The van der Waals surface area contributed by atoms with Crippen LogP contribution in [0.2, 0.25) is 0 Å². The summed E-state index contributed by atoms with van der Waals surface area (Å²) in [6, 6.07) is 10.3. The van der Waals surface area contributed by atoms with Gasteiger partial charge in [-0.1, -0.05) is 42.1 Å². The Morgan fingerprint density at radius 3 is 2.56 bits per heavy atom. The van der Waals surface area contributed by atoms with E-state index in [4.69, 9.17) is 4.74 Å². The number of amides is 1. The Labute approximate surface area is 197 Å². The topological polar surface area (TPSA) is 81.2 Å². The van der Waals surface area contributed by atoms with Crippen molar-refractivity contribution in [3.8, 4) is 0 Å². The summed E-state index contributed by atoms with van der Waals surface area (Å²) in [5.74, 6) is 0.235. The molecule has 1 N–H and O–H groups in total. The van der Waals surface area contributed by atoms with Gasteiger partial charge in [-0.05, 0) is 58.6 Å². The predicted octanol–water partition coefficient (Wildman–Crippen LogP) is 5.10. The van der Waals surface area contributed by atoms with Crippen LogP contribution in [-0.4, -0.2) is 39.7 Å². The maximum Gasteiger partial charge on any atom is 0.348 e. The van der Waals surface area contributed by atoms with Crippen LogP contribution >= 0.6 is 23.1 Å². The second-order valence-corrected chi connectivity index (χ2v) is 10.1. The summed E-state index contributed by atoms with van der Waals surface area (Å²) in [7, 11) is 0. The first-order valence-electron chi connectivity index (χ1n) is 10.8. The van der Waals surface area contributed by atoms with Gasteiger partial charge >= 0.3 is 5.97 Å². The summed E-state index contributed by atoms with van der Waals surface area (Å²) in [6.07, 6.45) is 1.79. The van der Waals surface area contributed by atoms with Crippen LogP contribution in [0.15, 0.2) is 35.4 Å². The number of ether oxygens (including phenoxy) is 1. The lowest BCUT2D eigenvalue weighted by molar-refractivity contribution is -0.120. The van der Waals surface area contributed by atoms with E-state index in [2.05, 4.69) is 27.4 Å². The fraction of sp³-hybridized carbons (Fsp3) is 0.417. The number of fused-ring (bicyclic) bond motifs is 1. The first-order chi connectivity index (χ1) is 15.3. The highest BCUT2D eigenvalue weighted by Crippen LogP contribution is 2.37. The summed E-state index contributed by atoms with van der Waals surface area (Å²) >= 11 is 2.71. The first-order valence-corrected chi connectivity index (χ1v) is 12.5. The quantitative estimate of drug-likeness (QED) is 0.266. The molecule has 8 heteroatoms. The van der Waals surface area contributed by atoms with Crippen LogP contribution in [-0.2, 0) is 16.0 Å². The smallest absolute Gasteiger partial charge is 0.348 e. The van der Waals surface area contributed by atoms with Crippen LogP contribution in [0, 0.1) is 13.8 Å². The molecule has 2 aromatic heterocycles. The molecular weight excluding hydrogens is 442 g/mol. The van der Waals surface area contributed by atoms with Crippen molar-refractivity contribution >= 4 is 45.2 Å². The lowest BCUT2D eigenvalue weighted by atomic mass is 10.1. The second kappa shape index (κ2) is 10.9. The molecule has 0 fully saturated rings. The number of hydrogen-bond acceptors (Lipinski definition) is 7. The van der Waals surface area contributed by atoms with Crippen molar-refractivity contribution < 1.29 is 14.3 Å². The van der Waals surface area contributed by atoms with Gasteiger partial charge in [-0.25, -0.2) is 14.8 Å². The molecule has 0 saturated heterocycles. The van der Waals surface area contributed by atoms with Crippen LogP contribution in [0.4, 0.5) is 0 Å². The fourth-order valence-corrected chi connectivity index (χ4v) is 5.61. The zero-order chi connectivity index (χ0) is 23.3. The molecule has 170 valence electrons. The first kappa shape index (κ1) is 24.2. The number of carbonyl (C=O) groups is 2. The van der Waals surface area contributed by atoms with Gasteiger partial charge in [0.05, 0.1) is 11.9 Å². The molecule has 0 saturated carbocycles. The summed E-state index contributed by atoms with van der Waals surface area (Å²) in [5, 5.41) is 4.32. The van der Waals surface area contributed by atoms with Gasteiger partial charge in [0.15, 0.2) is 0 Å². The molecule has 0 spiro atoms. The van der Waals surface area contributed by atoms with Crippen molar-refractivity contribution in [3.05, 3.63) is 52.2 Å². The molecule has 0 aliphatic rings. The summed E-state index contributed by atoms with van der Waals surface area (Å²) in [5.41, 5.74) is 2.06. The number of esters is 1. The summed E-state index contributed by atoms with van der Waals surface area (Å²) in [6.45, 7) is 9.70.